The number of nitrogens with zero attached hydrogens (tertiary/aromatic N) is 3. The van der Waals surface area contributed by atoms with Crippen molar-refractivity contribution in [3.8, 4) is 11.4 Å². The van der Waals surface area contributed by atoms with Gasteiger partial charge in [0.25, 0.3) is 11.5 Å². The highest BCUT2D eigenvalue weighted by Crippen LogP contribution is 2.24. The number of carbonyl (C=O) groups is 1. The molecule has 1 atom stereocenters. The first-order chi connectivity index (χ1) is 12.6. The van der Waals surface area contributed by atoms with Gasteiger partial charge in [0.15, 0.2) is 11.4 Å². The summed E-state index contributed by atoms with van der Waals surface area (Å²) in [6.07, 6.45) is 4.03. The Bertz CT molecular complexity index is 860. The Morgan fingerprint density at radius 1 is 1.31 bits per heavy atom. The summed E-state index contributed by atoms with van der Waals surface area (Å²) in [4.78, 5) is 27.6. The number of hydrogen-bond donors (Lipinski definition) is 0. The number of benzene rings is 1. The fourth-order valence-corrected chi connectivity index (χ4v) is 3.55. The summed E-state index contributed by atoms with van der Waals surface area (Å²) in [6.45, 7) is 4.72. The second-order valence-corrected chi connectivity index (χ2v) is 6.65. The molecule has 6 heteroatoms. The van der Waals surface area contributed by atoms with Crippen molar-refractivity contribution >= 4 is 5.91 Å². The molecule has 0 bridgehead atoms. The molecule has 1 saturated heterocycles. The molecule has 138 valence electrons. The molecule has 1 aliphatic heterocycles. The number of methoxy groups -OCH3 is 1. The first kappa shape index (κ1) is 18.2. The molecule has 0 saturated carbocycles. The van der Waals surface area contributed by atoms with E-state index in [0.29, 0.717) is 12.2 Å². The highest BCUT2D eigenvalue weighted by molar-refractivity contribution is 5.95. The Balaban J connectivity index is 2.08. The normalized spacial score (nSPS) is 17.2. The first-order valence-corrected chi connectivity index (χ1v) is 9.12. The maximum atomic E-state index is 13.2. The van der Waals surface area contributed by atoms with E-state index in [0.717, 1.165) is 31.2 Å². The summed E-state index contributed by atoms with van der Waals surface area (Å²) in [5, 5.41) is 4.41. The summed E-state index contributed by atoms with van der Waals surface area (Å²) < 4.78 is 6.59. The molecule has 3 rings (SSSR count). The van der Waals surface area contributed by atoms with Crippen LogP contribution in [0.4, 0.5) is 0 Å². The van der Waals surface area contributed by atoms with Crippen LogP contribution in [0.2, 0.25) is 0 Å². The zero-order valence-corrected chi connectivity index (χ0v) is 15.6. The molecule has 1 unspecified atom stereocenters. The minimum absolute atomic E-state index is 0.171. The number of para-hydroxylation sites is 1. The Morgan fingerprint density at radius 3 is 2.77 bits per heavy atom. The van der Waals surface area contributed by atoms with Crippen LogP contribution >= 0.6 is 0 Å². The minimum atomic E-state index is -0.321. The van der Waals surface area contributed by atoms with Gasteiger partial charge in [0.05, 0.1) is 18.9 Å². The van der Waals surface area contributed by atoms with Gasteiger partial charge in [-0.25, -0.2) is 0 Å². The van der Waals surface area contributed by atoms with Gasteiger partial charge in [-0.2, -0.15) is 9.78 Å². The summed E-state index contributed by atoms with van der Waals surface area (Å²) in [6, 6.07) is 9.03. The molecule has 1 aromatic heterocycles. The lowest BCUT2D eigenvalue weighted by atomic mass is 9.99. The van der Waals surface area contributed by atoms with Crippen LogP contribution in [0.25, 0.3) is 5.69 Å². The van der Waals surface area contributed by atoms with E-state index in [-0.39, 0.29) is 29.0 Å². The molecule has 0 radical (unpaired) electrons. The van der Waals surface area contributed by atoms with Crippen LogP contribution in [0.5, 0.6) is 5.75 Å². The zero-order chi connectivity index (χ0) is 18.7. The Kier molecular flexibility index (Phi) is 5.40. The molecule has 6 nitrogen and oxygen atoms in total. The number of piperidine rings is 1. The number of carbonyl (C=O) groups excluding carboxylic acids is 1. The average molecular weight is 355 g/mol. The molecular weight excluding hydrogens is 330 g/mol. The molecule has 26 heavy (non-hydrogen) atoms. The molecule has 1 amide bonds. The third kappa shape index (κ3) is 3.36. The van der Waals surface area contributed by atoms with Gasteiger partial charge in [0.2, 0.25) is 0 Å². The lowest BCUT2D eigenvalue weighted by molar-refractivity contribution is 0.0596. The maximum absolute atomic E-state index is 13.2. The van der Waals surface area contributed by atoms with E-state index in [1.807, 2.05) is 36.1 Å². The van der Waals surface area contributed by atoms with Crippen LogP contribution < -0.4 is 10.3 Å². The molecule has 0 spiro atoms. The molecule has 0 aliphatic carbocycles. The number of rotatable bonds is 4. The van der Waals surface area contributed by atoms with Crippen molar-refractivity contribution < 1.29 is 9.53 Å². The molecule has 1 fully saturated rings. The number of hydrogen-bond acceptors (Lipinski definition) is 4. The van der Waals surface area contributed by atoms with Crippen molar-refractivity contribution in [2.75, 3.05) is 13.7 Å². The van der Waals surface area contributed by atoms with Crippen molar-refractivity contribution in [2.45, 2.75) is 45.6 Å². The Hall–Kier alpha value is -2.63. The van der Waals surface area contributed by atoms with E-state index >= 15 is 0 Å². The van der Waals surface area contributed by atoms with Crippen LogP contribution in [0.1, 0.15) is 48.7 Å². The SMILES string of the molecule is CCC1CCCCN1C(=O)c1nn(-c2ccccc2C)c(=O)cc1OC. The molecule has 0 N–H and O–H groups in total. The first-order valence-electron chi connectivity index (χ1n) is 9.12. The quantitative estimate of drug-likeness (QED) is 0.846. The van der Waals surface area contributed by atoms with Crippen LogP contribution in [-0.4, -0.2) is 40.3 Å². The van der Waals surface area contributed by atoms with E-state index < -0.39 is 0 Å². The Morgan fingerprint density at radius 2 is 2.08 bits per heavy atom. The van der Waals surface area contributed by atoms with Gasteiger partial charge in [0.1, 0.15) is 0 Å². The van der Waals surface area contributed by atoms with Crippen molar-refractivity contribution in [3.63, 3.8) is 0 Å². The van der Waals surface area contributed by atoms with Gasteiger partial charge in [-0.05, 0) is 44.2 Å². The topological polar surface area (TPSA) is 64.4 Å². The highest BCUT2D eigenvalue weighted by Gasteiger charge is 2.30. The van der Waals surface area contributed by atoms with Crippen molar-refractivity contribution in [3.05, 3.63) is 51.9 Å². The largest absolute Gasteiger partial charge is 0.494 e. The van der Waals surface area contributed by atoms with Gasteiger partial charge in [-0.3, -0.25) is 9.59 Å². The summed E-state index contributed by atoms with van der Waals surface area (Å²) in [7, 11) is 1.46. The van der Waals surface area contributed by atoms with Gasteiger partial charge in [-0.1, -0.05) is 25.1 Å². The number of likely N-dealkylation sites (tertiary alicyclic amines) is 1. The summed E-state index contributed by atoms with van der Waals surface area (Å²) in [5.74, 6) is 0.0565. The number of amides is 1. The van der Waals surface area contributed by atoms with Gasteiger partial charge >= 0.3 is 0 Å². The van der Waals surface area contributed by atoms with Crippen LogP contribution in [-0.2, 0) is 0 Å². The monoisotopic (exact) mass is 355 g/mol. The minimum Gasteiger partial charge on any atom is -0.494 e. The fraction of sp³-hybridized carbons (Fsp3) is 0.450. The van der Waals surface area contributed by atoms with E-state index in [1.54, 1.807) is 0 Å². The van der Waals surface area contributed by atoms with Crippen LogP contribution in [0.3, 0.4) is 0 Å². The van der Waals surface area contributed by atoms with Crippen LogP contribution in [0.15, 0.2) is 35.1 Å². The summed E-state index contributed by atoms with van der Waals surface area (Å²) >= 11 is 0. The van der Waals surface area contributed by atoms with E-state index in [4.69, 9.17) is 4.74 Å². The summed E-state index contributed by atoms with van der Waals surface area (Å²) in [5.41, 5.74) is 1.45. The number of aromatic nitrogens is 2. The standard InChI is InChI=1S/C20H25N3O3/c1-4-15-10-7-8-12-22(15)20(25)19-17(26-3)13-18(24)23(21-19)16-11-6-5-9-14(16)2/h5-6,9,11,13,15H,4,7-8,10,12H2,1-3H3. The van der Waals surface area contributed by atoms with Crippen molar-refractivity contribution in [1.82, 2.24) is 14.7 Å². The number of aryl methyl sites for hydroxylation is 1. The lowest BCUT2D eigenvalue weighted by Gasteiger charge is -2.35. The maximum Gasteiger partial charge on any atom is 0.278 e. The fourth-order valence-electron chi connectivity index (χ4n) is 3.55. The van der Waals surface area contributed by atoms with Gasteiger partial charge in [-0.15, -0.1) is 0 Å². The van der Waals surface area contributed by atoms with Crippen molar-refractivity contribution in [1.29, 1.82) is 0 Å². The predicted molar refractivity (Wildman–Crippen MR) is 100 cm³/mol. The van der Waals surface area contributed by atoms with Gasteiger partial charge in [0, 0.05) is 12.6 Å². The number of ether oxygens (including phenoxy) is 1. The van der Waals surface area contributed by atoms with E-state index in [9.17, 15) is 9.59 Å². The van der Waals surface area contributed by atoms with E-state index in [2.05, 4.69) is 12.0 Å². The average Bonchev–Trinajstić information content (AvgIpc) is 2.67. The van der Waals surface area contributed by atoms with Gasteiger partial charge < -0.3 is 9.64 Å². The molecule has 2 aromatic rings. The van der Waals surface area contributed by atoms with Crippen LogP contribution in [0, 0.1) is 6.92 Å². The highest BCUT2D eigenvalue weighted by atomic mass is 16.5. The third-order valence-corrected chi connectivity index (χ3v) is 5.02. The van der Waals surface area contributed by atoms with Crippen molar-refractivity contribution in [2.24, 2.45) is 0 Å². The molecule has 2 heterocycles. The molecule has 1 aromatic carbocycles. The predicted octanol–water partition coefficient (Wildman–Crippen LogP) is 2.95. The second-order valence-electron chi connectivity index (χ2n) is 6.65. The third-order valence-electron chi connectivity index (χ3n) is 5.02. The van der Waals surface area contributed by atoms with E-state index in [1.165, 1.54) is 17.9 Å². The smallest absolute Gasteiger partial charge is 0.278 e. The molecular formula is C20H25N3O3. The zero-order valence-electron chi connectivity index (χ0n) is 15.6. The lowest BCUT2D eigenvalue weighted by Crippen LogP contribution is -2.44. The Labute approximate surface area is 153 Å². The second kappa shape index (κ2) is 7.72. The molecule has 1 aliphatic rings.